The Labute approximate surface area is 308 Å². The number of likely N-dealkylation sites (N-methyl/N-ethyl adjacent to an activating group) is 1. The number of hydrogen-bond donors (Lipinski definition) is 2. The molecule has 3 atom stereocenters. The van der Waals surface area contributed by atoms with Crippen LogP contribution in [0, 0.1) is 0 Å². The van der Waals surface area contributed by atoms with Crippen molar-refractivity contribution in [1.82, 2.24) is 5.32 Å². The Balaban J connectivity index is 4.40. The van der Waals surface area contributed by atoms with Crippen molar-refractivity contribution in [3.05, 3.63) is 48.6 Å². The number of hydrogen-bond acceptors (Lipinski definition) is 6. The summed E-state index contributed by atoms with van der Waals surface area (Å²) in [5, 5.41) is 13.6. The average molecular weight is 725 g/mol. The van der Waals surface area contributed by atoms with Crippen molar-refractivity contribution in [1.29, 1.82) is 0 Å². The van der Waals surface area contributed by atoms with Gasteiger partial charge in [0.1, 0.15) is 13.2 Å². The zero-order chi connectivity index (χ0) is 37.2. The van der Waals surface area contributed by atoms with Crippen LogP contribution in [0.1, 0.15) is 155 Å². The van der Waals surface area contributed by atoms with Gasteiger partial charge in [0.05, 0.1) is 39.9 Å². The SMILES string of the molecule is CCCCC/C=C\C/C=C\CCCCCCCCCCCC(=O)NC(COP(=O)([O-])OCC[N+](C)(C)C)C(O)/C=C/CC/C=C/CCCCC. The normalized spacial score (nSPS) is 15.1. The summed E-state index contributed by atoms with van der Waals surface area (Å²) in [6.45, 7) is 4.52. The molecule has 3 unspecified atom stereocenters. The van der Waals surface area contributed by atoms with Crippen molar-refractivity contribution >= 4 is 13.7 Å². The number of phosphoric ester groups is 1. The number of unbranched alkanes of at least 4 members (excludes halogenated alkanes) is 16. The highest BCUT2D eigenvalue weighted by molar-refractivity contribution is 7.45. The van der Waals surface area contributed by atoms with Crippen LogP contribution in [-0.4, -0.2) is 68.5 Å². The van der Waals surface area contributed by atoms with Gasteiger partial charge in [0.15, 0.2) is 0 Å². The van der Waals surface area contributed by atoms with E-state index in [0.717, 1.165) is 44.9 Å². The van der Waals surface area contributed by atoms with Gasteiger partial charge < -0.3 is 28.8 Å². The molecule has 0 aliphatic rings. The van der Waals surface area contributed by atoms with E-state index in [-0.39, 0.29) is 12.5 Å². The Kier molecular flexibility index (Phi) is 32.3. The molecule has 50 heavy (non-hydrogen) atoms. The topological polar surface area (TPSA) is 108 Å². The predicted molar refractivity (Wildman–Crippen MR) is 210 cm³/mol. The maximum Gasteiger partial charge on any atom is 0.268 e. The van der Waals surface area contributed by atoms with Gasteiger partial charge in [-0.05, 0) is 64.2 Å². The van der Waals surface area contributed by atoms with E-state index in [9.17, 15) is 19.4 Å². The number of quaternary nitrogens is 1. The van der Waals surface area contributed by atoms with E-state index in [1.165, 1.54) is 89.9 Å². The summed E-state index contributed by atoms with van der Waals surface area (Å²) in [5.74, 6) is -0.218. The number of aliphatic hydroxyl groups excluding tert-OH is 1. The van der Waals surface area contributed by atoms with Gasteiger partial charge in [-0.25, -0.2) is 0 Å². The summed E-state index contributed by atoms with van der Waals surface area (Å²) in [4.78, 5) is 25.1. The minimum absolute atomic E-state index is 0.00904. The minimum Gasteiger partial charge on any atom is -0.756 e. The fourth-order valence-corrected chi connectivity index (χ4v) is 5.98. The van der Waals surface area contributed by atoms with Crippen LogP contribution in [0.2, 0.25) is 0 Å². The first-order valence-corrected chi connectivity index (χ1v) is 21.5. The Morgan fingerprint density at radius 3 is 1.74 bits per heavy atom. The third-order valence-corrected chi connectivity index (χ3v) is 9.48. The number of nitrogens with one attached hydrogen (secondary N) is 1. The van der Waals surface area contributed by atoms with Crippen LogP contribution < -0.4 is 10.2 Å². The third kappa shape index (κ3) is 34.9. The highest BCUT2D eigenvalue weighted by atomic mass is 31.2. The molecule has 0 fully saturated rings. The first-order chi connectivity index (χ1) is 24.0. The van der Waals surface area contributed by atoms with Gasteiger partial charge in [0.2, 0.25) is 5.91 Å². The van der Waals surface area contributed by atoms with Crippen LogP contribution in [0.15, 0.2) is 48.6 Å². The lowest BCUT2D eigenvalue weighted by Gasteiger charge is -2.29. The van der Waals surface area contributed by atoms with Gasteiger partial charge in [0.25, 0.3) is 7.82 Å². The fraction of sp³-hybridized carbons (Fsp3) is 0.780. The molecule has 2 N–H and O–H groups in total. The first-order valence-electron chi connectivity index (χ1n) is 20.0. The predicted octanol–water partition coefficient (Wildman–Crippen LogP) is 9.89. The van der Waals surface area contributed by atoms with Crippen LogP contribution in [0.25, 0.3) is 0 Å². The van der Waals surface area contributed by atoms with Gasteiger partial charge in [-0.3, -0.25) is 9.36 Å². The second kappa shape index (κ2) is 33.3. The van der Waals surface area contributed by atoms with E-state index >= 15 is 0 Å². The van der Waals surface area contributed by atoms with E-state index in [0.29, 0.717) is 17.4 Å². The summed E-state index contributed by atoms with van der Waals surface area (Å²) in [7, 11) is 1.23. The lowest BCUT2D eigenvalue weighted by molar-refractivity contribution is -0.870. The minimum atomic E-state index is -4.59. The molecule has 0 bridgehead atoms. The molecule has 0 aliphatic carbocycles. The summed E-state index contributed by atoms with van der Waals surface area (Å²) in [5.41, 5.74) is 0. The molecule has 292 valence electrons. The Hall–Kier alpha value is -1.54. The number of amides is 1. The first kappa shape index (κ1) is 48.5. The molecular weight excluding hydrogens is 647 g/mol. The molecule has 0 aromatic heterocycles. The van der Waals surface area contributed by atoms with Crippen LogP contribution in [0.5, 0.6) is 0 Å². The molecule has 0 saturated carbocycles. The molecule has 1 amide bonds. The van der Waals surface area contributed by atoms with Crippen LogP contribution in [0.3, 0.4) is 0 Å². The van der Waals surface area contributed by atoms with Gasteiger partial charge in [-0.1, -0.05) is 133 Å². The van der Waals surface area contributed by atoms with Crippen molar-refractivity contribution in [3.63, 3.8) is 0 Å². The van der Waals surface area contributed by atoms with Crippen LogP contribution in [-0.2, 0) is 18.4 Å². The maximum absolute atomic E-state index is 12.8. The van der Waals surface area contributed by atoms with Crippen LogP contribution >= 0.6 is 7.82 Å². The molecule has 8 nitrogen and oxygen atoms in total. The molecule has 0 spiro atoms. The Bertz CT molecular complexity index is 959. The van der Waals surface area contributed by atoms with E-state index in [1.54, 1.807) is 6.08 Å². The van der Waals surface area contributed by atoms with Crippen molar-refractivity contribution in [2.24, 2.45) is 0 Å². The monoisotopic (exact) mass is 725 g/mol. The lowest BCUT2D eigenvalue weighted by atomic mass is 10.1. The van der Waals surface area contributed by atoms with Crippen molar-refractivity contribution in [2.45, 2.75) is 167 Å². The second-order valence-electron chi connectivity index (χ2n) is 14.6. The van der Waals surface area contributed by atoms with Gasteiger partial charge in [-0.2, -0.15) is 0 Å². The smallest absolute Gasteiger partial charge is 0.268 e. The lowest BCUT2D eigenvalue weighted by Crippen LogP contribution is -2.45. The van der Waals surface area contributed by atoms with E-state index in [2.05, 4.69) is 55.6 Å². The van der Waals surface area contributed by atoms with Crippen molar-refractivity contribution in [3.8, 4) is 0 Å². The zero-order valence-electron chi connectivity index (χ0n) is 32.8. The second-order valence-corrected chi connectivity index (χ2v) is 16.0. The molecule has 0 aliphatic heterocycles. The standard InChI is InChI=1S/C41H77N2O6P/c1-6-8-10-12-14-16-17-18-19-20-21-22-23-24-25-27-29-31-33-35-41(45)42-39(38-49-50(46,47)48-37-36-43(3,4)5)40(44)34-32-30-28-26-15-13-11-9-7-2/h14-16,18-19,26,32,34,39-40,44H,6-13,17,20-25,27-31,33,35-38H2,1-5H3,(H-,42,45,46,47)/b16-14-,19-18-,26-15+,34-32+. The van der Waals surface area contributed by atoms with Gasteiger partial charge in [-0.15, -0.1) is 0 Å². The number of carbonyl (C=O) groups excluding carboxylic acids is 1. The quantitative estimate of drug-likeness (QED) is 0.0292. The average Bonchev–Trinajstić information content (AvgIpc) is 3.06. The van der Waals surface area contributed by atoms with E-state index < -0.39 is 26.6 Å². The molecule has 0 aromatic carbocycles. The highest BCUT2D eigenvalue weighted by Crippen LogP contribution is 2.38. The molecular formula is C41H77N2O6P. The number of carbonyl (C=O) groups is 1. The number of aliphatic hydroxyl groups is 1. The molecule has 0 saturated heterocycles. The number of rotatable bonds is 35. The van der Waals surface area contributed by atoms with Crippen molar-refractivity contribution < 1.29 is 32.9 Å². The zero-order valence-corrected chi connectivity index (χ0v) is 33.7. The van der Waals surface area contributed by atoms with Gasteiger partial charge >= 0.3 is 0 Å². The largest absolute Gasteiger partial charge is 0.756 e. The van der Waals surface area contributed by atoms with Gasteiger partial charge in [0, 0.05) is 6.42 Å². The van der Waals surface area contributed by atoms with E-state index in [1.807, 2.05) is 27.2 Å². The summed E-state index contributed by atoms with van der Waals surface area (Å²) >= 11 is 0. The molecule has 0 radical (unpaired) electrons. The molecule has 9 heteroatoms. The summed E-state index contributed by atoms with van der Waals surface area (Å²) in [6, 6.07) is -0.903. The number of phosphoric acid groups is 1. The molecule has 0 heterocycles. The Morgan fingerprint density at radius 2 is 1.18 bits per heavy atom. The van der Waals surface area contributed by atoms with Crippen LogP contribution in [0.4, 0.5) is 0 Å². The number of allylic oxidation sites excluding steroid dienone is 7. The highest BCUT2D eigenvalue weighted by Gasteiger charge is 2.23. The third-order valence-electron chi connectivity index (χ3n) is 8.51. The maximum atomic E-state index is 12.8. The summed E-state index contributed by atoms with van der Waals surface area (Å²) < 4.78 is 23.0. The fourth-order valence-electron chi connectivity index (χ4n) is 5.25. The van der Waals surface area contributed by atoms with E-state index in [4.69, 9.17) is 9.05 Å². The van der Waals surface area contributed by atoms with Crippen molar-refractivity contribution in [2.75, 3.05) is 40.9 Å². The molecule has 0 aromatic rings. The Morgan fingerprint density at radius 1 is 0.700 bits per heavy atom. The number of nitrogens with zero attached hydrogens (tertiary/aromatic N) is 1. The summed E-state index contributed by atoms with van der Waals surface area (Å²) in [6.07, 6.45) is 40.2. The molecule has 0 rings (SSSR count).